The van der Waals surface area contributed by atoms with Crippen LogP contribution in [-0.4, -0.2) is 12.5 Å². The summed E-state index contributed by atoms with van der Waals surface area (Å²) >= 11 is 0. The molecule has 1 saturated carbocycles. The molecule has 3 heteroatoms. The standard InChI is InChI=1S/C14H20N2O/c1-11-5-4-6-12(9-11)14(7-2-3-8-14)16-13(17)10-15/h4-6,9H,2-3,7-8,10,15H2,1H3,(H,16,17). The molecule has 0 aliphatic heterocycles. The number of nitrogens with one attached hydrogen (secondary N) is 1. The highest BCUT2D eigenvalue weighted by Crippen LogP contribution is 2.38. The van der Waals surface area contributed by atoms with Crippen LogP contribution in [-0.2, 0) is 10.3 Å². The second-order valence-electron chi connectivity index (χ2n) is 4.91. The molecule has 0 spiro atoms. The lowest BCUT2D eigenvalue weighted by Crippen LogP contribution is -2.46. The highest BCUT2D eigenvalue weighted by molar-refractivity contribution is 5.78. The molecule has 1 aliphatic carbocycles. The molecule has 1 aromatic rings. The first-order chi connectivity index (χ1) is 8.16. The Labute approximate surface area is 102 Å². The van der Waals surface area contributed by atoms with E-state index < -0.39 is 0 Å². The summed E-state index contributed by atoms with van der Waals surface area (Å²) < 4.78 is 0. The summed E-state index contributed by atoms with van der Waals surface area (Å²) in [4.78, 5) is 11.6. The Morgan fingerprint density at radius 1 is 1.41 bits per heavy atom. The van der Waals surface area contributed by atoms with Crippen LogP contribution >= 0.6 is 0 Å². The van der Waals surface area contributed by atoms with Gasteiger partial charge in [0.2, 0.25) is 5.91 Å². The summed E-state index contributed by atoms with van der Waals surface area (Å²) in [6.45, 7) is 2.14. The minimum Gasteiger partial charge on any atom is -0.345 e. The van der Waals surface area contributed by atoms with Gasteiger partial charge in [-0.2, -0.15) is 0 Å². The summed E-state index contributed by atoms with van der Waals surface area (Å²) in [6.07, 6.45) is 4.36. The lowest BCUT2D eigenvalue weighted by Gasteiger charge is -2.31. The number of carbonyl (C=O) groups excluding carboxylic acids is 1. The molecular weight excluding hydrogens is 212 g/mol. The summed E-state index contributed by atoms with van der Waals surface area (Å²) in [5, 5.41) is 3.12. The van der Waals surface area contributed by atoms with Gasteiger partial charge in [0.15, 0.2) is 0 Å². The molecule has 1 aliphatic rings. The molecule has 92 valence electrons. The maximum atomic E-state index is 11.6. The average Bonchev–Trinajstić information content (AvgIpc) is 2.79. The molecule has 3 nitrogen and oxygen atoms in total. The highest BCUT2D eigenvalue weighted by atomic mass is 16.2. The number of hydrogen-bond acceptors (Lipinski definition) is 2. The fourth-order valence-electron chi connectivity index (χ4n) is 2.73. The van der Waals surface area contributed by atoms with Crippen LogP contribution in [0.2, 0.25) is 0 Å². The molecule has 0 aromatic heterocycles. The van der Waals surface area contributed by atoms with Gasteiger partial charge in [0.1, 0.15) is 0 Å². The van der Waals surface area contributed by atoms with E-state index in [0.29, 0.717) is 0 Å². The fourth-order valence-corrected chi connectivity index (χ4v) is 2.73. The molecule has 1 aromatic carbocycles. The van der Waals surface area contributed by atoms with Crippen LogP contribution in [0, 0.1) is 6.92 Å². The smallest absolute Gasteiger partial charge is 0.234 e. The highest BCUT2D eigenvalue weighted by Gasteiger charge is 2.36. The number of amides is 1. The zero-order chi connectivity index (χ0) is 12.3. The molecule has 3 N–H and O–H groups in total. The van der Waals surface area contributed by atoms with Crippen molar-refractivity contribution in [1.29, 1.82) is 0 Å². The van der Waals surface area contributed by atoms with Crippen molar-refractivity contribution >= 4 is 5.91 Å². The van der Waals surface area contributed by atoms with Crippen LogP contribution in [0.5, 0.6) is 0 Å². The van der Waals surface area contributed by atoms with E-state index in [9.17, 15) is 4.79 Å². The van der Waals surface area contributed by atoms with Crippen molar-refractivity contribution in [2.45, 2.75) is 38.1 Å². The Balaban J connectivity index is 2.30. The maximum absolute atomic E-state index is 11.6. The van der Waals surface area contributed by atoms with Gasteiger partial charge < -0.3 is 11.1 Å². The predicted molar refractivity (Wildman–Crippen MR) is 68.5 cm³/mol. The van der Waals surface area contributed by atoms with Crippen molar-refractivity contribution in [2.75, 3.05) is 6.54 Å². The minimum atomic E-state index is -0.178. The van der Waals surface area contributed by atoms with Crippen molar-refractivity contribution in [2.24, 2.45) is 5.73 Å². The molecule has 0 heterocycles. The van der Waals surface area contributed by atoms with Gasteiger partial charge in [0, 0.05) is 0 Å². The number of carbonyl (C=O) groups is 1. The number of aryl methyl sites for hydroxylation is 1. The molecule has 1 amide bonds. The van der Waals surface area contributed by atoms with Gasteiger partial charge in [0.05, 0.1) is 12.1 Å². The van der Waals surface area contributed by atoms with Crippen molar-refractivity contribution in [3.63, 3.8) is 0 Å². The molecule has 0 saturated heterocycles. The molecule has 0 radical (unpaired) electrons. The molecule has 2 rings (SSSR count). The van der Waals surface area contributed by atoms with E-state index in [4.69, 9.17) is 5.73 Å². The minimum absolute atomic E-state index is 0.0617. The first kappa shape index (κ1) is 12.1. The van der Waals surface area contributed by atoms with Gasteiger partial charge in [-0.3, -0.25) is 4.79 Å². The fraction of sp³-hybridized carbons (Fsp3) is 0.500. The summed E-state index contributed by atoms with van der Waals surface area (Å²) in [6, 6.07) is 8.41. The third-order valence-electron chi connectivity index (χ3n) is 3.59. The van der Waals surface area contributed by atoms with E-state index in [2.05, 4.69) is 36.5 Å². The van der Waals surface area contributed by atoms with E-state index in [-0.39, 0.29) is 18.0 Å². The zero-order valence-corrected chi connectivity index (χ0v) is 10.3. The van der Waals surface area contributed by atoms with Crippen molar-refractivity contribution in [1.82, 2.24) is 5.32 Å². The molecular formula is C14H20N2O. The summed E-state index contributed by atoms with van der Waals surface area (Å²) in [7, 11) is 0. The predicted octanol–water partition coefficient (Wildman–Crippen LogP) is 1.84. The Morgan fingerprint density at radius 3 is 2.71 bits per heavy atom. The normalized spacial score (nSPS) is 18.0. The first-order valence-corrected chi connectivity index (χ1v) is 6.24. The third kappa shape index (κ3) is 2.50. The average molecular weight is 232 g/mol. The molecule has 1 fully saturated rings. The SMILES string of the molecule is Cc1cccc(C2(NC(=O)CN)CCCC2)c1. The maximum Gasteiger partial charge on any atom is 0.234 e. The Morgan fingerprint density at radius 2 is 2.12 bits per heavy atom. The van der Waals surface area contributed by atoms with E-state index in [0.717, 1.165) is 12.8 Å². The van der Waals surface area contributed by atoms with Gasteiger partial charge >= 0.3 is 0 Å². The first-order valence-electron chi connectivity index (χ1n) is 6.24. The monoisotopic (exact) mass is 232 g/mol. The number of nitrogens with two attached hydrogens (primary N) is 1. The largest absolute Gasteiger partial charge is 0.345 e. The van der Waals surface area contributed by atoms with Gasteiger partial charge in [0.25, 0.3) is 0 Å². The molecule has 0 unspecified atom stereocenters. The van der Waals surface area contributed by atoms with Crippen LogP contribution in [0.25, 0.3) is 0 Å². The lowest BCUT2D eigenvalue weighted by atomic mass is 9.87. The lowest BCUT2D eigenvalue weighted by molar-refractivity contribution is -0.121. The molecule has 0 atom stereocenters. The van der Waals surface area contributed by atoms with Gasteiger partial charge in [-0.1, -0.05) is 42.7 Å². The number of hydrogen-bond donors (Lipinski definition) is 2. The Hall–Kier alpha value is -1.35. The molecule has 0 bridgehead atoms. The van der Waals surface area contributed by atoms with E-state index in [1.165, 1.54) is 24.0 Å². The van der Waals surface area contributed by atoms with E-state index in [1.807, 2.05) is 0 Å². The van der Waals surface area contributed by atoms with Crippen molar-refractivity contribution in [3.8, 4) is 0 Å². The summed E-state index contributed by atoms with van der Waals surface area (Å²) in [5.74, 6) is -0.0617. The second-order valence-corrected chi connectivity index (χ2v) is 4.91. The van der Waals surface area contributed by atoms with Gasteiger partial charge in [-0.05, 0) is 25.3 Å². The van der Waals surface area contributed by atoms with Crippen molar-refractivity contribution in [3.05, 3.63) is 35.4 Å². The van der Waals surface area contributed by atoms with E-state index >= 15 is 0 Å². The van der Waals surface area contributed by atoms with E-state index in [1.54, 1.807) is 0 Å². The van der Waals surface area contributed by atoms with Crippen LogP contribution in [0.1, 0.15) is 36.8 Å². The number of benzene rings is 1. The van der Waals surface area contributed by atoms with Crippen LogP contribution in [0.4, 0.5) is 0 Å². The van der Waals surface area contributed by atoms with Gasteiger partial charge in [-0.25, -0.2) is 0 Å². The van der Waals surface area contributed by atoms with Crippen LogP contribution in [0.3, 0.4) is 0 Å². The summed E-state index contributed by atoms with van der Waals surface area (Å²) in [5.41, 5.74) is 7.68. The topological polar surface area (TPSA) is 55.1 Å². The third-order valence-corrected chi connectivity index (χ3v) is 3.59. The van der Waals surface area contributed by atoms with Crippen molar-refractivity contribution < 1.29 is 4.79 Å². The van der Waals surface area contributed by atoms with Gasteiger partial charge in [-0.15, -0.1) is 0 Å². The second kappa shape index (κ2) is 4.88. The quantitative estimate of drug-likeness (QED) is 0.835. The van der Waals surface area contributed by atoms with Crippen LogP contribution in [0.15, 0.2) is 24.3 Å². The zero-order valence-electron chi connectivity index (χ0n) is 10.3. The number of rotatable bonds is 3. The molecule has 17 heavy (non-hydrogen) atoms. The Bertz CT molecular complexity index is 408. The van der Waals surface area contributed by atoms with Crippen LogP contribution < -0.4 is 11.1 Å². The Kier molecular flexibility index (Phi) is 3.48.